The van der Waals surface area contributed by atoms with E-state index in [9.17, 15) is 23.4 Å². The molecule has 1 atom stereocenters. The Labute approximate surface area is 177 Å². The Morgan fingerprint density at radius 3 is 2.27 bits per heavy atom. The van der Waals surface area contributed by atoms with Crippen molar-refractivity contribution in [3.63, 3.8) is 0 Å². The average Bonchev–Trinajstić information content (AvgIpc) is 2.59. The van der Waals surface area contributed by atoms with Crippen molar-refractivity contribution in [2.24, 2.45) is 0 Å². The van der Waals surface area contributed by atoms with Gasteiger partial charge in [-0.25, -0.2) is 4.79 Å². The number of carbonyl (C=O) groups is 1. The van der Waals surface area contributed by atoms with Crippen molar-refractivity contribution >= 4 is 16.1 Å². The highest BCUT2D eigenvalue weighted by Crippen LogP contribution is 2.30. The second kappa shape index (κ2) is 10.5. The molecule has 1 unspecified atom stereocenters. The Morgan fingerprint density at radius 2 is 1.77 bits per heavy atom. The first-order chi connectivity index (χ1) is 13.7. The van der Waals surface area contributed by atoms with Crippen LogP contribution in [0.4, 0.5) is 0 Å². The summed E-state index contributed by atoms with van der Waals surface area (Å²) < 4.78 is 31.1. The maximum absolute atomic E-state index is 12.2. The predicted octanol–water partition coefficient (Wildman–Crippen LogP) is 2.85. The van der Waals surface area contributed by atoms with Crippen LogP contribution in [-0.2, 0) is 10.1 Å². The molecule has 0 aliphatic carbocycles. The fourth-order valence-electron chi connectivity index (χ4n) is 2.28. The molecule has 0 saturated carbocycles. The first kappa shape index (κ1) is 25.6. The van der Waals surface area contributed by atoms with Crippen molar-refractivity contribution in [3.8, 4) is 11.5 Å². The van der Waals surface area contributed by atoms with E-state index in [4.69, 9.17) is 9.29 Å². The van der Waals surface area contributed by atoms with E-state index in [1.165, 1.54) is 12.1 Å². The quantitative estimate of drug-likeness (QED) is 0.318. The summed E-state index contributed by atoms with van der Waals surface area (Å²) in [6.45, 7) is 8.25. The maximum Gasteiger partial charge on any atom is 0.343 e. The Balaban J connectivity index is 0.000000804. The lowest BCUT2D eigenvalue weighted by Gasteiger charge is -2.23. The molecule has 30 heavy (non-hydrogen) atoms. The summed E-state index contributed by atoms with van der Waals surface area (Å²) in [5.74, 6) is -0.666. The van der Waals surface area contributed by atoms with E-state index in [0.717, 1.165) is 5.56 Å². The second-order valence-electron chi connectivity index (χ2n) is 7.87. The average molecular weight is 440 g/mol. The van der Waals surface area contributed by atoms with Crippen molar-refractivity contribution in [2.75, 3.05) is 12.8 Å². The van der Waals surface area contributed by atoms with Crippen molar-refractivity contribution in [3.05, 3.63) is 59.2 Å². The number of β-amino-alcohol motifs (C(OH)–C–C–N with tert-alkyl or cyclic N) is 1. The molecule has 0 fully saturated rings. The number of nitrogens with one attached hydrogen (secondary N) is 1. The smallest absolute Gasteiger partial charge is 0.343 e. The number of benzene rings is 2. The molecular formula is C21H29NO7S. The number of esters is 1. The molecule has 4 N–H and O–H groups in total. The Hall–Kier alpha value is -2.46. The van der Waals surface area contributed by atoms with Crippen LogP contribution in [0.2, 0.25) is 0 Å². The Morgan fingerprint density at radius 1 is 1.17 bits per heavy atom. The highest BCUT2D eigenvalue weighted by molar-refractivity contribution is 7.85. The van der Waals surface area contributed by atoms with Gasteiger partial charge in [0.1, 0.15) is 0 Å². The molecule has 2 rings (SSSR count). The zero-order valence-electron chi connectivity index (χ0n) is 17.7. The number of phenols is 1. The minimum Gasteiger partial charge on any atom is -0.504 e. The van der Waals surface area contributed by atoms with Gasteiger partial charge < -0.3 is 20.3 Å². The third kappa shape index (κ3) is 10.4. The lowest BCUT2D eigenvalue weighted by atomic mass is 10.1. The summed E-state index contributed by atoms with van der Waals surface area (Å²) in [5.41, 5.74) is 1.79. The maximum atomic E-state index is 12.2. The summed E-state index contributed by atoms with van der Waals surface area (Å²) in [6.07, 6.45) is -0.0563. The van der Waals surface area contributed by atoms with E-state index in [2.05, 4.69) is 5.32 Å². The van der Waals surface area contributed by atoms with E-state index < -0.39 is 22.2 Å². The number of ether oxygens (including phenoxy) is 1. The van der Waals surface area contributed by atoms with Gasteiger partial charge in [0.2, 0.25) is 0 Å². The number of hydrogen-bond acceptors (Lipinski definition) is 7. The molecule has 0 aliphatic heterocycles. The van der Waals surface area contributed by atoms with E-state index in [1.54, 1.807) is 24.3 Å². The van der Waals surface area contributed by atoms with Crippen LogP contribution in [-0.4, -0.2) is 47.5 Å². The first-order valence-corrected chi connectivity index (χ1v) is 11.0. The summed E-state index contributed by atoms with van der Waals surface area (Å²) in [5, 5.41) is 23.5. The van der Waals surface area contributed by atoms with Crippen LogP contribution in [0.15, 0.2) is 42.5 Å². The van der Waals surface area contributed by atoms with Crippen LogP contribution >= 0.6 is 0 Å². The summed E-state index contributed by atoms with van der Waals surface area (Å²) in [4.78, 5) is 12.2. The van der Waals surface area contributed by atoms with Gasteiger partial charge in [0.15, 0.2) is 11.5 Å². The summed E-state index contributed by atoms with van der Waals surface area (Å²) >= 11 is 0. The molecule has 0 heterocycles. The zero-order chi connectivity index (χ0) is 23.1. The number of aryl methyl sites for hydroxylation is 1. The van der Waals surface area contributed by atoms with Gasteiger partial charge >= 0.3 is 5.97 Å². The lowest BCUT2D eigenvalue weighted by molar-refractivity contribution is 0.0729. The molecule has 0 radical (unpaired) electrons. The van der Waals surface area contributed by atoms with E-state index >= 15 is 0 Å². The van der Waals surface area contributed by atoms with Gasteiger partial charge in [0.05, 0.1) is 17.9 Å². The van der Waals surface area contributed by atoms with Gasteiger partial charge in [-0.05, 0) is 57.5 Å². The van der Waals surface area contributed by atoms with Gasteiger partial charge in [-0.2, -0.15) is 8.42 Å². The van der Waals surface area contributed by atoms with Gasteiger partial charge in [0, 0.05) is 12.1 Å². The monoisotopic (exact) mass is 439 g/mol. The van der Waals surface area contributed by atoms with Crippen molar-refractivity contribution in [1.29, 1.82) is 0 Å². The highest BCUT2D eigenvalue weighted by atomic mass is 32.2. The minimum absolute atomic E-state index is 0.0613. The van der Waals surface area contributed by atoms with Gasteiger partial charge in [-0.15, -0.1) is 0 Å². The lowest BCUT2D eigenvalue weighted by Crippen LogP contribution is -2.38. The molecule has 166 valence electrons. The fraction of sp³-hybridized carbons (Fsp3) is 0.381. The first-order valence-electron chi connectivity index (χ1n) is 9.13. The molecule has 2 aromatic carbocycles. The SMILES string of the molecule is CS(=O)(=O)O.Cc1cccc(C(=O)Oc2ccc(C(O)CNC(C)(C)C)cc2O)c1. The number of aromatic hydroxyl groups is 1. The van der Waals surface area contributed by atoms with Crippen LogP contribution < -0.4 is 10.1 Å². The molecule has 8 nitrogen and oxygen atoms in total. The molecular weight excluding hydrogens is 410 g/mol. The number of rotatable bonds is 5. The molecule has 0 aromatic heterocycles. The Kier molecular flexibility index (Phi) is 8.98. The van der Waals surface area contributed by atoms with Crippen molar-refractivity contribution < 1.29 is 32.7 Å². The van der Waals surface area contributed by atoms with Crippen LogP contribution in [0, 0.1) is 6.92 Å². The topological polar surface area (TPSA) is 133 Å². The molecule has 0 aliphatic rings. The highest BCUT2D eigenvalue weighted by Gasteiger charge is 2.17. The minimum atomic E-state index is -3.67. The van der Waals surface area contributed by atoms with E-state index in [0.29, 0.717) is 23.9 Å². The number of carbonyl (C=O) groups excluding carboxylic acids is 1. The van der Waals surface area contributed by atoms with Crippen molar-refractivity contribution in [2.45, 2.75) is 39.3 Å². The zero-order valence-corrected chi connectivity index (χ0v) is 18.5. The number of aliphatic hydroxyl groups is 1. The van der Waals surface area contributed by atoms with Gasteiger partial charge in [0.25, 0.3) is 10.1 Å². The standard InChI is InChI=1S/C20H25NO4.CH4O3S/c1-13-6-5-7-15(10-13)19(24)25-18-9-8-14(11-16(18)22)17(23)12-21-20(2,3)4;1-5(2,3)4/h5-11,17,21-23H,12H2,1-4H3;1H3,(H,2,3,4). The van der Waals surface area contributed by atoms with E-state index in [-0.39, 0.29) is 17.0 Å². The van der Waals surface area contributed by atoms with Crippen LogP contribution in [0.5, 0.6) is 11.5 Å². The van der Waals surface area contributed by atoms with Gasteiger partial charge in [-0.3, -0.25) is 4.55 Å². The number of hydrogen-bond donors (Lipinski definition) is 4. The largest absolute Gasteiger partial charge is 0.504 e. The molecule has 2 aromatic rings. The fourth-order valence-corrected chi connectivity index (χ4v) is 2.28. The predicted molar refractivity (Wildman–Crippen MR) is 114 cm³/mol. The van der Waals surface area contributed by atoms with Crippen LogP contribution in [0.1, 0.15) is 48.4 Å². The summed E-state index contributed by atoms with van der Waals surface area (Å²) in [7, 11) is -3.67. The number of aliphatic hydroxyl groups excluding tert-OH is 1. The summed E-state index contributed by atoms with van der Waals surface area (Å²) in [6, 6.07) is 11.6. The van der Waals surface area contributed by atoms with Crippen molar-refractivity contribution in [1.82, 2.24) is 5.32 Å². The number of phenolic OH excluding ortho intramolecular Hbond substituents is 1. The molecule has 0 bridgehead atoms. The third-order valence-corrected chi connectivity index (χ3v) is 3.65. The molecule has 0 spiro atoms. The van der Waals surface area contributed by atoms with Crippen LogP contribution in [0.3, 0.4) is 0 Å². The molecule has 0 amide bonds. The molecule has 0 saturated heterocycles. The van der Waals surface area contributed by atoms with Crippen LogP contribution in [0.25, 0.3) is 0 Å². The third-order valence-electron chi connectivity index (χ3n) is 3.65. The van der Waals surface area contributed by atoms with E-state index in [1.807, 2.05) is 33.8 Å². The normalized spacial score (nSPS) is 12.5. The second-order valence-corrected chi connectivity index (χ2v) is 9.33. The Bertz CT molecular complexity index is 958. The molecule has 9 heteroatoms. The van der Waals surface area contributed by atoms with Gasteiger partial charge in [-0.1, -0.05) is 23.8 Å².